The molecule has 194 valence electrons. The molecule has 0 spiro atoms. The van der Waals surface area contributed by atoms with Gasteiger partial charge in [0.2, 0.25) is 0 Å². The zero-order chi connectivity index (χ0) is 25.7. The van der Waals surface area contributed by atoms with Crippen LogP contribution in [-0.2, 0) is 4.79 Å². The largest absolute Gasteiger partial charge is 0.481 e. The zero-order valence-corrected chi connectivity index (χ0v) is 21.7. The van der Waals surface area contributed by atoms with Gasteiger partial charge >= 0.3 is 5.97 Å². The van der Waals surface area contributed by atoms with E-state index in [4.69, 9.17) is 5.11 Å². The van der Waals surface area contributed by atoms with Gasteiger partial charge in [-0.05, 0) is 56.3 Å². The van der Waals surface area contributed by atoms with Gasteiger partial charge in [-0.2, -0.15) is 0 Å². The van der Waals surface area contributed by atoms with Crippen molar-refractivity contribution < 1.29 is 14.7 Å². The molecule has 2 saturated heterocycles. The number of carboxylic acids is 1. The van der Waals surface area contributed by atoms with Crippen LogP contribution < -0.4 is 15.1 Å². The first-order chi connectivity index (χ1) is 17.3. The highest BCUT2D eigenvalue weighted by Crippen LogP contribution is 2.24. The topological polar surface area (TPSA) is 79.4 Å². The maximum Gasteiger partial charge on any atom is 0.304 e. The Morgan fingerprint density at radius 2 is 1.56 bits per heavy atom. The number of likely N-dealkylation sites (N-methyl/N-ethyl adjacent to an activating group) is 1. The van der Waals surface area contributed by atoms with Crippen LogP contribution in [-0.4, -0.2) is 92.7 Å². The summed E-state index contributed by atoms with van der Waals surface area (Å²) in [5.74, 6) is -0.796. The van der Waals surface area contributed by atoms with Crippen molar-refractivity contribution >= 4 is 23.3 Å². The fourth-order valence-corrected chi connectivity index (χ4v) is 4.95. The Bertz CT molecular complexity index is 1060. The van der Waals surface area contributed by atoms with E-state index in [2.05, 4.69) is 56.2 Å². The molecule has 0 radical (unpaired) electrons. The summed E-state index contributed by atoms with van der Waals surface area (Å²) >= 11 is 0. The van der Waals surface area contributed by atoms with E-state index in [9.17, 15) is 9.59 Å². The minimum Gasteiger partial charge on any atom is -0.481 e. The second kappa shape index (κ2) is 11.8. The molecule has 0 unspecified atom stereocenters. The Hall–Kier alpha value is -3.10. The van der Waals surface area contributed by atoms with Crippen LogP contribution in [0.1, 0.15) is 40.9 Å². The van der Waals surface area contributed by atoms with Crippen LogP contribution in [0.3, 0.4) is 0 Å². The van der Waals surface area contributed by atoms with Crippen LogP contribution in [0.4, 0.5) is 11.4 Å². The Balaban J connectivity index is 1.38. The van der Waals surface area contributed by atoms with Crippen molar-refractivity contribution in [2.75, 3.05) is 75.8 Å². The van der Waals surface area contributed by atoms with E-state index in [0.717, 1.165) is 80.4 Å². The number of piperazine rings is 2. The summed E-state index contributed by atoms with van der Waals surface area (Å²) in [5.41, 5.74) is 5.02. The second-order valence-electron chi connectivity index (χ2n) is 10.1. The molecule has 0 bridgehead atoms. The molecule has 2 aliphatic heterocycles. The van der Waals surface area contributed by atoms with Gasteiger partial charge in [0.25, 0.3) is 5.91 Å². The molecule has 0 aromatic heterocycles. The van der Waals surface area contributed by atoms with Gasteiger partial charge in [0.15, 0.2) is 0 Å². The van der Waals surface area contributed by atoms with Crippen LogP contribution in [0.2, 0.25) is 0 Å². The molecule has 2 aliphatic rings. The van der Waals surface area contributed by atoms with Gasteiger partial charge in [0.05, 0.1) is 12.5 Å². The summed E-state index contributed by atoms with van der Waals surface area (Å²) in [7, 11) is 2.14. The number of nitrogens with one attached hydrogen (secondary N) is 1. The van der Waals surface area contributed by atoms with Gasteiger partial charge < -0.3 is 25.1 Å². The molecule has 4 rings (SSSR count). The number of carboxylic acid groups (broad SMARTS) is 1. The molecular weight excluding hydrogens is 454 g/mol. The molecule has 2 heterocycles. The summed E-state index contributed by atoms with van der Waals surface area (Å²) in [6.45, 7) is 12.0. The number of amides is 1. The van der Waals surface area contributed by atoms with Gasteiger partial charge in [-0.15, -0.1) is 0 Å². The summed E-state index contributed by atoms with van der Waals surface area (Å²) in [4.78, 5) is 33.3. The van der Waals surface area contributed by atoms with Crippen LogP contribution in [0.15, 0.2) is 42.5 Å². The second-order valence-corrected chi connectivity index (χ2v) is 10.1. The van der Waals surface area contributed by atoms with Gasteiger partial charge in [0.1, 0.15) is 0 Å². The van der Waals surface area contributed by atoms with Crippen molar-refractivity contribution in [3.8, 4) is 0 Å². The van der Waals surface area contributed by atoms with Crippen LogP contribution >= 0.6 is 0 Å². The van der Waals surface area contributed by atoms with E-state index in [1.165, 1.54) is 0 Å². The third-order valence-electron chi connectivity index (χ3n) is 7.43. The number of carbonyl (C=O) groups is 2. The number of rotatable bonds is 8. The Kier molecular flexibility index (Phi) is 8.48. The molecule has 1 atom stereocenters. The SMILES string of the molecule is Cc1ccc(N2CCN(C)CC2)cc1C(=O)N[C@H](C)c1cccc(N2CCN(CCC(=O)O)CC2)c1. The van der Waals surface area contributed by atoms with E-state index in [0.29, 0.717) is 6.54 Å². The third kappa shape index (κ3) is 6.56. The lowest BCUT2D eigenvalue weighted by Gasteiger charge is -2.36. The summed E-state index contributed by atoms with van der Waals surface area (Å²) in [5, 5.41) is 12.1. The molecule has 2 N–H and O–H groups in total. The molecular formula is C28H39N5O3. The number of aliphatic carboxylic acids is 1. The summed E-state index contributed by atoms with van der Waals surface area (Å²) in [6.07, 6.45) is 0.185. The van der Waals surface area contributed by atoms with Crippen molar-refractivity contribution in [3.63, 3.8) is 0 Å². The average molecular weight is 494 g/mol. The van der Waals surface area contributed by atoms with Crippen LogP contribution in [0.25, 0.3) is 0 Å². The molecule has 8 heteroatoms. The molecule has 0 saturated carbocycles. The minimum atomic E-state index is -0.748. The normalized spacial score (nSPS) is 18.2. The first-order valence-electron chi connectivity index (χ1n) is 12.9. The summed E-state index contributed by atoms with van der Waals surface area (Å²) < 4.78 is 0. The lowest BCUT2D eigenvalue weighted by Crippen LogP contribution is -2.47. The Morgan fingerprint density at radius 3 is 2.22 bits per heavy atom. The fourth-order valence-electron chi connectivity index (χ4n) is 4.95. The highest BCUT2D eigenvalue weighted by atomic mass is 16.4. The van der Waals surface area contributed by atoms with Gasteiger partial charge in [-0.1, -0.05) is 18.2 Å². The molecule has 2 aromatic rings. The number of carbonyl (C=O) groups excluding carboxylic acids is 1. The van der Waals surface area contributed by atoms with E-state index in [1.807, 2.05) is 32.0 Å². The number of benzene rings is 2. The van der Waals surface area contributed by atoms with Gasteiger partial charge in [-0.25, -0.2) is 0 Å². The van der Waals surface area contributed by atoms with Crippen molar-refractivity contribution in [1.82, 2.24) is 15.1 Å². The standard InChI is InChI=1S/C28H39N5O3/c1-21-7-8-25(32-15-11-30(3)12-16-32)20-26(21)28(36)29-22(2)23-5-4-6-24(19-23)33-17-13-31(14-18-33)10-9-27(34)35/h4-8,19-20,22H,9-18H2,1-3H3,(H,29,36)(H,34,35)/t22-/m1/s1. The first kappa shape index (κ1) is 26.0. The zero-order valence-electron chi connectivity index (χ0n) is 21.7. The maximum atomic E-state index is 13.3. The third-order valence-corrected chi connectivity index (χ3v) is 7.43. The lowest BCUT2D eigenvalue weighted by molar-refractivity contribution is -0.137. The molecule has 0 aliphatic carbocycles. The average Bonchev–Trinajstić information content (AvgIpc) is 2.88. The molecule has 8 nitrogen and oxygen atoms in total. The van der Waals surface area contributed by atoms with Gasteiger partial charge in [-0.3, -0.25) is 14.5 Å². The predicted molar refractivity (Wildman–Crippen MR) is 144 cm³/mol. The molecule has 36 heavy (non-hydrogen) atoms. The van der Waals surface area contributed by atoms with Crippen LogP contribution in [0, 0.1) is 6.92 Å². The Morgan fingerprint density at radius 1 is 0.917 bits per heavy atom. The van der Waals surface area contributed by atoms with E-state index >= 15 is 0 Å². The quantitative estimate of drug-likeness (QED) is 0.585. The molecule has 2 aromatic carbocycles. The minimum absolute atomic E-state index is 0.0478. The maximum absolute atomic E-state index is 13.3. The molecule has 1 amide bonds. The van der Waals surface area contributed by atoms with Crippen molar-refractivity contribution in [2.24, 2.45) is 0 Å². The highest BCUT2D eigenvalue weighted by molar-refractivity contribution is 5.96. The number of hydrogen-bond donors (Lipinski definition) is 2. The van der Waals surface area contributed by atoms with Gasteiger partial charge in [0, 0.05) is 75.8 Å². The van der Waals surface area contributed by atoms with E-state index in [1.54, 1.807) is 0 Å². The van der Waals surface area contributed by atoms with Crippen molar-refractivity contribution in [1.29, 1.82) is 0 Å². The van der Waals surface area contributed by atoms with Crippen LogP contribution in [0.5, 0.6) is 0 Å². The highest BCUT2D eigenvalue weighted by Gasteiger charge is 2.21. The number of nitrogens with zero attached hydrogens (tertiary/aromatic N) is 4. The predicted octanol–water partition coefficient (Wildman–Crippen LogP) is 2.83. The number of anilines is 2. The van der Waals surface area contributed by atoms with Crippen molar-refractivity contribution in [3.05, 3.63) is 59.2 Å². The Labute approximate surface area is 214 Å². The number of aryl methyl sites for hydroxylation is 1. The summed E-state index contributed by atoms with van der Waals surface area (Å²) in [6, 6.07) is 14.4. The van der Waals surface area contributed by atoms with E-state index in [-0.39, 0.29) is 18.4 Å². The molecule has 2 fully saturated rings. The smallest absolute Gasteiger partial charge is 0.304 e. The lowest BCUT2D eigenvalue weighted by atomic mass is 10.0. The van der Waals surface area contributed by atoms with Crippen molar-refractivity contribution in [2.45, 2.75) is 26.3 Å². The fraction of sp³-hybridized carbons (Fsp3) is 0.500. The first-order valence-corrected chi connectivity index (χ1v) is 12.9. The van der Waals surface area contributed by atoms with E-state index < -0.39 is 5.97 Å². The number of hydrogen-bond acceptors (Lipinski definition) is 6. The monoisotopic (exact) mass is 493 g/mol.